The molecule has 4 heterocycles. The van der Waals surface area contributed by atoms with Crippen LogP contribution in [0.2, 0.25) is 0 Å². The van der Waals surface area contributed by atoms with Crippen LogP contribution in [-0.2, 0) is 5.41 Å². The third kappa shape index (κ3) is 3.66. The highest BCUT2D eigenvalue weighted by atomic mass is 16.3. The summed E-state index contributed by atoms with van der Waals surface area (Å²) in [6, 6.07) is 53.8. The van der Waals surface area contributed by atoms with Gasteiger partial charge in [-0.3, -0.25) is 0 Å². The zero-order chi connectivity index (χ0) is 33.3. The van der Waals surface area contributed by atoms with Crippen molar-refractivity contribution < 1.29 is 4.42 Å². The van der Waals surface area contributed by atoms with Crippen LogP contribution >= 0.6 is 0 Å². The van der Waals surface area contributed by atoms with Crippen molar-refractivity contribution in [1.29, 1.82) is 0 Å². The molecule has 2 aliphatic rings. The van der Waals surface area contributed by atoms with E-state index in [0.29, 0.717) is 0 Å². The molecule has 7 aromatic carbocycles. The Morgan fingerprint density at radius 3 is 2.14 bits per heavy atom. The van der Waals surface area contributed by atoms with E-state index in [-0.39, 0.29) is 12.3 Å². The van der Waals surface area contributed by atoms with Crippen molar-refractivity contribution in [2.24, 2.45) is 0 Å². The topological polar surface area (TPSA) is 21.3 Å². The molecule has 3 nitrogen and oxygen atoms in total. The fourth-order valence-electron chi connectivity index (χ4n) is 8.84. The summed E-state index contributed by atoms with van der Waals surface area (Å²) >= 11 is 0. The van der Waals surface area contributed by atoms with Gasteiger partial charge < -0.3 is 13.8 Å². The van der Waals surface area contributed by atoms with Gasteiger partial charge in [0.25, 0.3) is 0 Å². The standard InChI is InChI=1S/C46H33BN2O/c1-46(2,3)31-21-23-32(24-22-31)49-38-25-20-29-14-7-8-15-33(29)41(38)36-26-30(28-12-5-4-6-13-28)27-39-42(36)47(49)37-18-11-17-35-43(37)48(39)44-34-16-9-10-19-40(34)50-45(35)44/h4-27H,1-3H3. The second-order valence-corrected chi connectivity index (χ2v) is 14.9. The summed E-state index contributed by atoms with van der Waals surface area (Å²) in [5.74, 6) is 0. The Morgan fingerprint density at radius 1 is 0.580 bits per heavy atom. The van der Waals surface area contributed by atoms with Crippen LogP contribution in [0.15, 0.2) is 150 Å². The summed E-state index contributed by atoms with van der Waals surface area (Å²) in [5.41, 5.74) is 16.9. The molecule has 9 aromatic rings. The van der Waals surface area contributed by atoms with Crippen molar-refractivity contribution in [2.45, 2.75) is 26.2 Å². The summed E-state index contributed by atoms with van der Waals surface area (Å²) < 4.78 is 9.24. The van der Waals surface area contributed by atoms with Crippen LogP contribution < -0.4 is 15.7 Å². The van der Waals surface area contributed by atoms with E-state index in [1.54, 1.807) is 0 Å². The number of anilines is 2. The van der Waals surface area contributed by atoms with Gasteiger partial charge in [-0.2, -0.15) is 0 Å². The zero-order valence-electron chi connectivity index (χ0n) is 28.2. The quantitative estimate of drug-likeness (QED) is 0.175. The summed E-state index contributed by atoms with van der Waals surface area (Å²) in [6.07, 6.45) is 0. The maximum absolute atomic E-state index is 6.72. The van der Waals surface area contributed by atoms with Crippen LogP contribution in [-0.4, -0.2) is 11.4 Å². The average molecular weight is 641 g/mol. The molecule has 0 fully saturated rings. The van der Waals surface area contributed by atoms with Crippen LogP contribution in [0.3, 0.4) is 0 Å². The Hall–Kier alpha value is -6.00. The summed E-state index contributed by atoms with van der Waals surface area (Å²) in [4.78, 5) is 2.60. The Morgan fingerprint density at radius 2 is 1.32 bits per heavy atom. The summed E-state index contributed by atoms with van der Waals surface area (Å²) in [6.45, 7) is 6.81. The molecule has 236 valence electrons. The lowest BCUT2D eigenvalue weighted by molar-refractivity contribution is 0.590. The second kappa shape index (κ2) is 9.80. The Balaban J connectivity index is 1.34. The minimum absolute atomic E-state index is 0.0413. The maximum atomic E-state index is 6.72. The van der Waals surface area contributed by atoms with Crippen LogP contribution in [0.1, 0.15) is 26.3 Å². The molecule has 0 amide bonds. The van der Waals surface area contributed by atoms with Gasteiger partial charge in [-0.1, -0.05) is 118 Å². The molecule has 4 heteroatoms. The van der Waals surface area contributed by atoms with Gasteiger partial charge in [0.1, 0.15) is 11.1 Å². The molecule has 0 bridgehead atoms. The number of furan rings is 1. The fraction of sp³-hybridized carbons (Fsp3) is 0.0870. The molecule has 0 saturated heterocycles. The van der Waals surface area contributed by atoms with E-state index in [9.17, 15) is 0 Å². The van der Waals surface area contributed by atoms with Crippen molar-refractivity contribution in [3.63, 3.8) is 0 Å². The first-order valence-electron chi connectivity index (χ1n) is 17.6. The van der Waals surface area contributed by atoms with Crippen molar-refractivity contribution in [3.05, 3.63) is 151 Å². The molecule has 0 aliphatic carbocycles. The van der Waals surface area contributed by atoms with Gasteiger partial charge in [-0.15, -0.1) is 0 Å². The first-order valence-corrected chi connectivity index (χ1v) is 17.6. The molecule has 0 N–H and O–H groups in total. The summed E-state index contributed by atoms with van der Waals surface area (Å²) in [5, 5.41) is 4.80. The molecular formula is C46H33BN2O. The highest BCUT2D eigenvalue weighted by Gasteiger charge is 2.45. The number of para-hydroxylation sites is 2. The molecule has 11 rings (SSSR count). The minimum Gasteiger partial charge on any atom is -0.454 e. The molecule has 0 unspecified atom stereocenters. The van der Waals surface area contributed by atoms with E-state index < -0.39 is 0 Å². The molecule has 0 saturated carbocycles. The molecule has 0 spiro atoms. The van der Waals surface area contributed by atoms with E-state index in [1.807, 2.05) is 0 Å². The van der Waals surface area contributed by atoms with Gasteiger partial charge in [0.15, 0.2) is 5.58 Å². The summed E-state index contributed by atoms with van der Waals surface area (Å²) in [7, 11) is 0. The molecule has 0 atom stereocenters. The zero-order valence-corrected chi connectivity index (χ0v) is 28.2. The lowest BCUT2D eigenvalue weighted by Crippen LogP contribution is -2.60. The smallest absolute Gasteiger partial charge is 0.333 e. The Bertz CT molecular complexity index is 2850. The Kier molecular flexibility index (Phi) is 5.47. The lowest BCUT2D eigenvalue weighted by Gasteiger charge is -2.43. The van der Waals surface area contributed by atoms with Gasteiger partial charge >= 0.3 is 6.85 Å². The van der Waals surface area contributed by atoms with Crippen LogP contribution in [0, 0.1) is 0 Å². The average Bonchev–Trinajstić information content (AvgIpc) is 3.69. The first kappa shape index (κ1) is 27.9. The number of hydrogen-bond donors (Lipinski definition) is 0. The van der Waals surface area contributed by atoms with E-state index in [0.717, 1.165) is 27.5 Å². The highest BCUT2D eigenvalue weighted by Crippen LogP contribution is 2.49. The highest BCUT2D eigenvalue weighted by molar-refractivity contribution is 6.93. The van der Waals surface area contributed by atoms with Gasteiger partial charge in [-0.05, 0) is 97.9 Å². The van der Waals surface area contributed by atoms with Crippen molar-refractivity contribution in [3.8, 4) is 27.9 Å². The van der Waals surface area contributed by atoms with Gasteiger partial charge in [0.05, 0.1) is 5.52 Å². The van der Waals surface area contributed by atoms with E-state index in [1.165, 1.54) is 72.1 Å². The number of benzene rings is 7. The van der Waals surface area contributed by atoms with Crippen LogP contribution in [0.5, 0.6) is 0 Å². The number of rotatable bonds is 2. The number of fused-ring (bicyclic) bond motifs is 11. The van der Waals surface area contributed by atoms with Gasteiger partial charge in [-0.25, -0.2) is 0 Å². The maximum Gasteiger partial charge on any atom is 0.333 e. The lowest BCUT2D eigenvalue weighted by atomic mass is 9.43. The molecular weight excluding hydrogens is 607 g/mol. The molecule has 2 aromatic heterocycles. The van der Waals surface area contributed by atoms with Crippen molar-refractivity contribution in [2.75, 3.05) is 4.81 Å². The SMILES string of the molecule is CC(C)(C)c1ccc(N2B3c4c(cc(-c5ccccc5)cc4-n4c5c3cccc5c3oc5ccccc5c34)-c3c2ccc2ccccc32)cc1. The number of nitrogens with zero attached hydrogens (tertiary/aromatic N) is 2. The minimum atomic E-state index is -0.0413. The van der Waals surface area contributed by atoms with Crippen LogP contribution in [0.25, 0.3) is 71.7 Å². The van der Waals surface area contributed by atoms with Crippen LogP contribution in [0.4, 0.5) is 11.4 Å². The first-order chi connectivity index (χ1) is 24.5. The van der Waals surface area contributed by atoms with E-state index in [2.05, 4.69) is 176 Å². The fourth-order valence-corrected chi connectivity index (χ4v) is 8.84. The normalized spacial score (nSPS) is 13.4. The van der Waals surface area contributed by atoms with Crippen molar-refractivity contribution in [1.82, 2.24) is 4.57 Å². The van der Waals surface area contributed by atoms with E-state index >= 15 is 0 Å². The molecule has 50 heavy (non-hydrogen) atoms. The predicted molar refractivity (Wildman–Crippen MR) is 211 cm³/mol. The van der Waals surface area contributed by atoms with Gasteiger partial charge in [0, 0.05) is 33.4 Å². The van der Waals surface area contributed by atoms with E-state index in [4.69, 9.17) is 4.42 Å². The largest absolute Gasteiger partial charge is 0.454 e. The van der Waals surface area contributed by atoms with Crippen molar-refractivity contribution >= 4 is 72.9 Å². The number of aromatic nitrogens is 1. The third-order valence-corrected chi connectivity index (χ3v) is 11.1. The monoisotopic (exact) mass is 640 g/mol. The molecule has 0 radical (unpaired) electrons. The second-order valence-electron chi connectivity index (χ2n) is 14.9. The Labute approximate surface area is 291 Å². The predicted octanol–water partition coefficient (Wildman–Crippen LogP) is 10.9. The number of hydrogen-bond acceptors (Lipinski definition) is 2. The van der Waals surface area contributed by atoms with Gasteiger partial charge in [0.2, 0.25) is 0 Å². The molecule has 2 aliphatic heterocycles. The third-order valence-electron chi connectivity index (χ3n) is 11.1.